The molecular formula is C34H35BrN2O6. The average Bonchev–Trinajstić information content (AvgIpc) is 3.62. The van der Waals surface area contributed by atoms with Gasteiger partial charge in [-0.25, -0.2) is 0 Å². The van der Waals surface area contributed by atoms with Crippen molar-refractivity contribution in [3.63, 3.8) is 0 Å². The van der Waals surface area contributed by atoms with E-state index < -0.39 is 41.6 Å². The molecule has 7 atom stereocenters. The standard InChI is InChI=1S/C34H35BrN2O6/c1-3-16-36(24-15-14-22-12-8-9-13-23(22)18-24)32(40)30-34-19-26(35)29(43-34)27(33(41)42-4-2)28(34)31(39)37(30)25(20-38)17-21-10-6-5-7-11-21/h3,5-15,18,25-30,38H,1,4,16-17,19-20H2,2H3/t25-,26?,27-,28+,29-,30-,34+/m1/s1. The number of amides is 2. The van der Waals surface area contributed by atoms with Gasteiger partial charge in [0.2, 0.25) is 5.91 Å². The first-order valence-corrected chi connectivity index (χ1v) is 15.6. The van der Waals surface area contributed by atoms with Gasteiger partial charge < -0.3 is 24.4 Å². The van der Waals surface area contributed by atoms with Crippen LogP contribution in [-0.4, -0.2) is 76.2 Å². The van der Waals surface area contributed by atoms with Crippen LogP contribution in [0.1, 0.15) is 18.9 Å². The summed E-state index contributed by atoms with van der Waals surface area (Å²) in [6, 6.07) is 21.4. The van der Waals surface area contributed by atoms with Crippen LogP contribution in [-0.2, 0) is 30.3 Å². The summed E-state index contributed by atoms with van der Waals surface area (Å²) < 4.78 is 12.0. The number of anilines is 1. The molecule has 0 aliphatic carbocycles. The number of benzene rings is 3. The third-order valence-electron chi connectivity index (χ3n) is 9.06. The van der Waals surface area contributed by atoms with Crippen LogP contribution in [0.4, 0.5) is 5.69 Å². The molecule has 43 heavy (non-hydrogen) atoms. The quantitative estimate of drug-likeness (QED) is 0.201. The summed E-state index contributed by atoms with van der Waals surface area (Å²) in [5, 5.41) is 12.7. The Bertz CT molecular complexity index is 1550. The van der Waals surface area contributed by atoms with Gasteiger partial charge in [0.15, 0.2) is 0 Å². The molecule has 3 heterocycles. The van der Waals surface area contributed by atoms with Crippen molar-refractivity contribution in [2.45, 2.75) is 48.4 Å². The summed E-state index contributed by atoms with van der Waals surface area (Å²) in [5.41, 5.74) is 0.299. The van der Waals surface area contributed by atoms with Gasteiger partial charge in [-0.05, 0) is 48.2 Å². The second-order valence-electron chi connectivity index (χ2n) is 11.5. The highest BCUT2D eigenvalue weighted by molar-refractivity contribution is 9.09. The first-order chi connectivity index (χ1) is 20.8. The van der Waals surface area contributed by atoms with E-state index in [4.69, 9.17) is 9.47 Å². The van der Waals surface area contributed by atoms with Gasteiger partial charge in [0.1, 0.15) is 11.6 Å². The van der Waals surface area contributed by atoms with E-state index in [1.54, 1.807) is 17.9 Å². The maximum absolute atomic E-state index is 14.9. The molecule has 3 aliphatic rings. The Kier molecular flexibility index (Phi) is 8.15. The lowest BCUT2D eigenvalue weighted by Crippen LogP contribution is -2.59. The zero-order chi connectivity index (χ0) is 30.3. The number of fused-ring (bicyclic) bond motifs is 2. The molecule has 6 rings (SSSR count). The number of halogens is 1. The highest BCUT2D eigenvalue weighted by Crippen LogP contribution is 2.61. The molecule has 3 saturated heterocycles. The predicted octanol–water partition coefficient (Wildman–Crippen LogP) is 4.27. The van der Waals surface area contributed by atoms with Crippen molar-refractivity contribution in [2.75, 3.05) is 24.7 Å². The van der Waals surface area contributed by atoms with E-state index in [0.29, 0.717) is 18.5 Å². The SMILES string of the molecule is C=CCN(C(=O)[C@H]1N([C@@H](CO)Cc2ccccc2)C(=O)[C@@H]2[C@@H](C(=O)OCC)[C@@H]3O[C@@]21CC3Br)c1ccc2ccccc2c1. The van der Waals surface area contributed by atoms with Crippen molar-refractivity contribution < 1.29 is 29.0 Å². The zero-order valence-corrected chi connectivity index (χ0v) is 25.6. The molecule has 9 heteroatoms. The van der Waals surface area contributed by atoms with Crippen molar-refractivity contribution >= 4 is 50.2 Å². The number of nitrogens with zero attached hydrogens (tertiary/aromatic N) is 2. The van der Waals surface area contributed by atoms with Gasteiger partial charge in [-0.2, -0.15) is 0 Å². The Morgan fingerprint density at radius 1 is 1.16 bits per heavy atom. The fraction of sp³-hybridized carbons (Fsp3) is 0.382. The van der Waals surface area contributed by atoms with Crippen LogP contribution in [0.5, 0.6) is 0 Å². The lowest BCUT2D eigenvalue weighted by molar-refractivity contribution is -0.155. The van der Waals surface area contributed by atoms with Crippen molar-refractivity contribution in [2.24, 2.45) is 11.8 Å². The molecule has 2 amide bonds. The van der Waals surface area contributed by atoms with Gasteiger partial charge in [0.05, 0.1) is 37.2 Å². The number of carbonyl (C=O) groups excluding carboxylic acids is 3. The Morgan fingerprint density at radius 3 is 2.58 bits per heavy atom. The molecule has 1 spiro atoms. The lowest BCUT2D eigenvalue weighted by atomic mass is 9.70. The molecule has 1 N–H and O–H groups in total. The van der Waals surface area contributed by atoms with E-state index in [1.165, 1.54) is 4.90 Å². The first-order valence-electron chi connectivity index (χ1n) is 14.7. The fourth-order valence-corrected chi connectivity index (χ4v) is 8.27. The van der Waals surface area contributed by atoms with Crippen molar-refractivity contribution in [1.29, 1.82) is 0 Å². The number of carbonyl (C=O) groups is 3. The van der Waals surface area contributed by atoms with E-state index in [0.717, 1.165) is 16.3 Å². The first kappa shape index (κ1) is 29.5. The molecule has 1 unspecified atom stereocenters. The minimum Gasteiger partial charge on any atom is -0.466 e. The molecule has 0 aromatic heterocycles. The number of ether oxygens (including phenoxy) is 2. The maximum Gasteiger partial charge on any atom is 0.312 e. The molecule has 0 saturated carbocycles. The molecule has 224 valence electrons. The molecule has 3 aliphatic heterocycles. The molecular weight excluding hydrogens is 612 g/mol. The Labute approximate surface area is 259 Å². The van der Waals surface area contributed by atoms with Crippen LogP contribution >= 0.6 is 15.9 Å². The van der Waals surface area contributed by atoms with E-state index >= 15 is 0 Å². The fourth-order valence-electron chi connectivity index (χ4n) is 7.33. The third kappa shape index (κ3) is 4.87. The van der Waals surface area contributed by atoms with E-state index in [-0.39, 0.29) is 36.4 Å². The molecule has 2 bridgehead atoms. The van der Waals surface area contributed by atoms with Gasteiger partial charge >= 0.3 is 5.97 Å². The van der Waals surface area contributed by atoms with Crippen LogP contribution in [0.3, 0.4) is 0 Å². The van der Waals surface area contributed by atoms with Gasteiger partial charge in [0.25, 0.3) is 5.91 Å². The van der Waals surface area contributed by atoms with Crippen LogP contribution in [0.25, 0.3) is 10.8 Å². The number of aliphatic hydroxyl groups is 1. The number of hydrogen-bond donors (Lipinski definition) is 1. The molecule has 8 nitrogen and oxygen atoms in total. The van der Waals surface area contributed by atoms with Crippen LogP contribution < -0.4 is 4.90 Å². The number of esters is 1. The van der Waals surface area contributed by atoms with E-state index in [2.05, 4.69) is 22.5 Å². The number of alkyl halides is 1. The number of aliphatic hydroxyl groups excluding tert-OH is 1. The summed E-state index contributed by atoms with van der Waals surface area (Å²) in [6.45, 7) is 5.62. The highest BCUT2D eigenvalue weighted by atomic mass is 79.9. The maximum atomic E-state index is 14.9. The minimum atomic E-state index is -1.27. The second-order valence-corrected chi connectivity index (χ2v) is 12.6. The smallest absolute Gasteiger partial charge is 0.312 e. The second kappa shape index (κ2) is 11.9. The summed E-state index contributed by atoms with van der Waals surface area (Å²) in [5.74, 6) is -3.00. The Balaban J connectivity index is 1.47. The largest absolute Gasteiger partial charge is 0.466 e. The van der Waals surface area contributed by atoms with Gasteiger partial charge in [0, 0.05) is 17.1 Å². The van der Waals surface area contributed by atoms with Crippen LogP contribution in [0, 0.1) is 11.8 Å². The molecule has 0 radical (unpaired) electrons. The Morgan fingerprint density at radius 2 is 1.88 bits per heavy atom. The number of likely N-dealkylation sites (tertiary alicyclic amines) is 1. The predicted molar refractivity (Wildman–Crippen MR) is 167 cm³/mol. The van der Waals surface area contributed by atoms with Gasteiger partial charge in [-0.3, -0.25) is 14.4 Å². The Hall–Kier alpha value is -3.53. The monoisotopic (exact) mass is 646 g/mol. The van der Waals surface area contributed by atoms with Crippen molar-refractivity contribution in [3.8, 4) is 0 Å². The topological polar surface area (TPSA) is 96.4 Å². The van der Waals surface area contributed by atoms with E-state index in [1.807, 2.05) is 72.8 Å². The number of rotatable bonds is 10. The van der Waals surface area contributed by atoms with E-state index in [9.17, 15) is 19.5 Å². The molecule has 3 aromatic carbocycles. The number of hydrogen-bond acceptors (Lipinski definition) is 6. The van der Waals surface area contributed by atoms with Crippen LogP contribution in [0.2, 0.25) is 0 Å². The summed E-state index contributed by atoms with van der Waals surface area (Å²) in [4.78, 5) is 45.6. The highest BCUT2D eigenvalue weighted by Gasteiger charge is 2.77. The van der Waals surface area contributed by atoms with Crippen molar-refractivity contribution in [3.05, 3.63) is 91.0 Å². The lowest BCUT2D eigenvalue weighted by Gasteiger charge is -2.39. The summed E-state index contributed by atoms with van der Waals surface area (Å²) in [7, 11) is 0. The van der Waals surface area contributed by atoms with Gasteiger partial charge in [-0.1, -0.05) is 82.7 Å². The summed E-state index contributed by atoms with van der Waals surface area (Å²) in [6.07, 6.45) is 1.73. The minimum absolute atomic E-state index is 0.164. The third-order valence-corrected chi connectivity index (χ3v) is 9.91. The van der Waals surface area contributed by atoms with Crippen molar-refractivity contribution in [1.82, 2.24) is 4.90 Å². The van der Waals surface area contributed by atoms with Crippen LogP contribution in [0.15, 0.2) is 85.5 Å². The molecule has 3 aromatic rings. The van der Waals surface area contributed by atoms with Gasteiger partial charge in [-0.15, -0.1) is 6.58 Å². The zero-order valence-electron chi connectivity index (χ0n) is 24.0. The average molecular weight is 648 g/mol. The molecule has 3 fully saturated rings. The summed E-state index contributed by atoms with van der Waals surface area (Å²) >= 11 is 3.70. The normalized spacial score (nSPS) is 28.1.